The van der Waals surface area contributed by atoms with E-state index < -0.39 is 0 Å². The molecule has 3 N–H and O–H groups in total. The van der Waals surface area contributed by atoms with Gasteiger partial charge in [-0.15, -0.1) is 0 Å². The molecule has 2 rings (SSSR count). The van der Waals surface area contributed by atoms with Crippen LogP contribution >= 0.6 is 23.2 Å². The van der Waals surface area contributed by atoms with Gasteiger partial charge in [-0.1, -0.05) is 30.1 Å². The molecule has 1 aliphatic heterocycles. The van der Waals surface area contributed by atoms with Crippen molar-refractivity contribution in [3.63, 3.8) is 0 Å². The van der Waals surface area contributed by atoms with E-state index in [2.05, 4.69) is 12.2 Å². The summed E-state index contributed by atoms with van der Waals surface area (Å²) < 4.78 is 5.34. The molecule has 1 aromatic carbocycles. The number of amides is 1. The summed E-state index contributed by atoms with van der Waals surface area (Å²) in [6.45, 7) is 4.24. The molecule has 1 fully saturated rings. The molecule has 1 amide bonds. The molecule has 0 bridgehead atoms. The van der Waals surface area contributed by atoms with Gasteiger partial charge in [0.05, 0.1) is 15.7 Å². The summed E-state index contributed by atoms with van der Waals surface area (Å²) in [7, 11) is 0. The van der Waals surface area contributed by atoms with Crippen molar-refractivity contribution in [3.05, 3.63) is 27.7 Å². The molecule has 4 nitrogen and oxygen atoms in total. The number of anilines is 1. The average Bonchev–Trinajstić information content (AvgIpc) is 2.42. The number of rotatable bonds is 3. The second-order valence-corrected chi connectivity index (χ2v) is 6.27. The van der Waals surface area contributed by atoms with E-state index in [4.69, 9.17) is 33.7 Å². The zero-order chi connectivity index (χ0) is 14.8. The first kappa shape index (κ1) is 15.4. The number of carbonyl (C=O) groups is 1. The molecule has 0 radical (unpaired) electrons. The third-order valence-electron chi connectivity index (χ3n) is 3.72. The second kappa shape index (κ2) is 6.20. The van der Waals surface area contributed by atoms with E-state index >= 15 is 0 Å². The van der Waals surface area contributed by atoms with Crippen molar-refractivity contribution in [2.45, 2.75) is 19.8 Å². The van der Waals surface area contributed by atoms with Gasteiger partial charge < -0.3 is 15.8 Å². The van der Waals surface area contributed by atoms with Crippen LogP contribution in [0.5, 0.6) is 0 Å². The molecule has 0 spiro atoms. The van der Waals surface area contributed by atoms with E-state index in [1.54, 1.807) is 0 Å². The number of benzene rings is 1. The highest BCUT2D eigenvalue weighted by molar-refractivity contribution is 6.39. The lowest BCUT2D eigenvalue weighted by Crippen LogP contribution is -2.39. The van der Waals surface area contributed by atoms with Crippen LogP contribution in [0, 0.1) is 5.41 Å². The van der Waals surface area contributed by atoms with Crippen molar-refractivity contribution in [2.24, 2.45) is 5.41 Å². The Hall–Kier alpha value is -0.970. The quantitative estimate of drug-likeness (QED) is 0.842. The van der Waals surface area contributed by atoms with Gasteiger partial charge in [-0.25, -0.2) is 0 Å². The van der Waals surface area contributed by atoms with E-state index in [9.17, 15) is 4.79 Å². The van der Waals surface area contributed by atoms with Crippen LogP contribution in [-0.4, -0.2) is 25.7 Å². The fraction of sp³-hybridized carbons (Fsp3) is 0.500. The first-order valence-corrected chi connectivity index (χ1v) is 7.27. The summed E-state index contributed by atoms with van der Waals surface area (Å²) in [5, 5.41) is 3.51. The maximum Gasteiger partial charge on any atom is 0.251 e. The van der Waals surface area contributed by atoms with Crippen LogP contribution in [-0.2, 0) is 4.74 Å². The number of nitrogens with one attached hydrogen (secondary N) is 1. The van der Waals surface area contributed by atoms with Gasteiger partial charge in [-0.05, 0) is 30.4 Å². The van der Waals surface area contributed by atoms with E-state index in [0.29, 0.717) is 27.8 Å². The number of hydrogen-bond donors (Lipinski definition) is 2. The normalized spacial score (nSPS) is 17.8. The standard InChI is InChI=1S/C14H18Cl2N2O2/c1-14(2-4-20-5-3-14)8-18-13(19)9-6-10(15)12(17)11(16)7-9/h6-7H,2-5,8,17H2,1H3,(H,18,19). The zero-order valence-electron chi connectivity index (χ0n) is 11.3. The van der Waals surface area contributed by atoms with Crippen LogP contribution < -0.4 is 11.1 Å². The number of ether oxygens (including phenoxy) is 1. The molecular weight excluding hydrogens is 299 g/mol. The summed E-state index contributed by atoms with van der Waals surface area (Å²) >= 11 is 11.9. The smallest absolute Gasteiger partial charge is 0.251 e. The number of carbonyl (C=O) groups excluding carboxylic acids is 1. The minimum atomic E-state index is -0.193. The molecule has 1 aliphatic rings. The first-order chi connectivity index (χ1) is 9.41. The molecule has 1 saturated heterocycles. The Morgan fingerprint density at radius 1 is 1.35 bits per heavy atom. The maximum absolute atomic E-state index is 12.1. The molecule has 0 aromatic heterocycles. The second-order valence-electron chi connectivity index (χ2n) is 5.46. The zero-order valence-corrected chi connectivity index (χ0v) is 12.9. The molecule has 110 valence electrons. The molecule has 6 heteroatoms. The molecule has 0 saturated carbocycles. The van der Waals surface area contributed by atoms with E-state index in [1.165, 1.54) is 12.1 Å². The topological polar surface area (TPSA) is 64.4 Å². The van der Waals surface area contributed by atoms with Gasteiger partial charge >= 0.3 is 0 Å². The SMILES string of the molecule is CC1(CNC(=O)c2cc(Cl)c(N)c(Cl)c2)CCOCC1. The van der Waals surface area contributed by atoms with Crippen molar-refractivity contribution < 1.29 is 9.53 Å². The largest absolute Gasteiger partial charge is 0.396 e. The summed E-state index contributed by atoms with van der Waals surface area (Å²) in [5.41, 5.74) is 6.45. The van der Waals surface area contributed by atoms with Crippen molar-refractivity contribution in [1.82, 2.24) is 5.32 Å². The van der Waals surface area contributed by atoms with E-state index in [0.717, 1.165) is 26.1 Å². The lowest BCUT2D eigenvalue weighted by Gasteiger charge is -2.33. The fourth-order valence-electron chi connectivity index (χ4n) is 2.15. The third kappa shape index (κ3) is 3.57. The number of nitrogens with two attached hydrogens (primary N) is 1. The molecule has 20 heavy (non-hydrogen) atoms. The Morgan fingerprint density at radius 3 is 2.45 bits per heavy atom. The van der Waals surface area contributed by atoms with Crippen molar-refractivity contribution >= 4 is 34.8 Å². The highest BCUT2D eigenvalue weighted by Crippen LogP contribution is 2.30. The Labute approximate surface area is 128 Å². The Balaban J connectivity index is 2.01. The van der Waals surface area contributed by atoms with Gasteiger partial charge in [0.1, 0.15) is 0 Å². The maximum atomic E-state index is 12.1. The molecule has 0 atom stereocenters. The van der Waals surface area contributed by atoms with Crippen LogP contribution in [0.2, 0.25) is 10.0 Å². The summed E-state index contributed by atoms with van der Waals surface area (Å²) in [4.78, 5) is 12.1. The summed E-state index contributed by atoms with van der Waals surface area (Å²) in [5.74, 6) is -0.193. The van der Waals surface area contributed by atoms with Gasteiger partial charge in [-0.2, -0.15) is 0 Å². The van der Waals surface area contributed by atoms with Crippen LogP contribution in [0.25, 0.3) is 0 Å². The first-order valence-electron chi connectivity index (χ1n) is 6.52. The van der Waals surface area contributed by atoms with Crippen LogP contribution in [0.1, 0.15) is 30.1 Å². The Bertz CT molecular complexity index is 491. The van der Waals surface area contributed by atoms with Gasteiger partial charge in [-0.3, -0.25) is 4.79 Å². The van der Waals surface area contributed by atoms with Crippen LogP contribution in [0.3, 0.4) is 0 Å². The number of hydrogen-bond acceptors (Lipinski definition) is 3. The lowest BCUT2D eigenvalue weighted by molar-refractivity contribution is 0.0238. The summed E-state index contributed by atoms with van der Waals surface area (Å²) in [6.07, 6.45) is 1.88. The predicted molar refractivity (Wildman–Crippen MR) is 81.4 cm³/mol. The number of nitrogen functional groups attached to an aromatic ring is 1. The van der Waals surface area contributed by atoms with E-state index in [1.807, 2.05) is 0 Å². The highest BCUT2D eigenvalue weighted by atomic mass is 35.5. The van der Waals surface area contributed by atoms with Crippen LogP contribution in [0.4, 0.5) is 5.69 Å². The monoisotopic (exact) mass is 316 g/mol. The van der Waals surface area contributed by atoms with Gasteiger partial charge in [0.25, 0.3) is 5.91 Å². The van der Waals surface area contributed by atoms with Crippen molar-refractivity contribution in [2.75, 3.05) is 25.5 Å². The Kier molecular flexibility index (Phi) is 4.78. The molecular formula is C14H18Cl2N2O2. The molecule has 0 aliphatic carbocycles. The van der Waals surface area contributed by atoms with Crippen molar-refractivity contribution in [1.29, 1.82) is 0 Å². The number of halogens is 2. The van der Waals surface area contributed by atoms with Crippen LogP contribution in [0.15, 0.2) is 12.1 Å². The fourth-order valence-corrected chi connectivity index (χ4v) is 2.64. The Morgan fingerprint density at radius 2 is 1.90 bits per heavy atom. The van der Waals surface area contributed by atoms with Gasteiger partial charge in [0.15, 0.2) is 0 Å². The van der Waals surface area contributed by atoms with E-state index in [-0.39, 0.29) is 11.3 Å². The van der Waals surface area contributed by atoms with Gasteiger partial charge in [0, 0.05) is 25.3 Å². The predicted octanol–water partition coefficient (Wildman–Crippen LogP) is 3.12. The third-order valence-corrected chi connectivity index (χ3v) is 4.34. The minimum Gasteiger partial charge on any atom is -0.396 e. The van der Waals surface area contributed by atoms with Gasteiger partial charge in [0.2, 0.25) is 0 Å². The minimum absolute atomic E-state index is 0.0787. The van der Waals surface area contributed by atoms with Crippen molar-refractivity contribution in [3.8, 4) is 0 Å². The highest BCUT2D eigenvalue weighted by Gasteiger charge is 2.28. The average molecular weight is 317 g/mol. The molecule has 0 unspecified atom stereocenters. The molecule has 1 aromatic rings. The summed E-state index contributed by atoms with van der Waals surface area (Å²) in [6, 6.07) is 3.06. The lowest BCUT2D eigenvalue weighted by atomic mass is 9.82. The molecule has 1 heterocycles.